The third-order valence-electron chi connectivity index (χ3n) is 3.42. The maximum absolute atomic E-state index is 11.9. The fourth-order valence-corrected chi connectivity index (χ4v) is 2.31. The van der Waals surface area contributed by atoms with Crippen molar-refractivity contribution in [3.8, 4) is 0 Å². The number of hydrogen-bond donors (Lipinski definition) is 3. The molecule has 2 rings (SSSR count). The summed E-state index contributed by atoms with van der Waals surface area (Å²) in [5.74, 6) is 0.364. The zero-order valence-electron chi connectivity index (χ0n) is 12.1. The van der Waals surface area contributed by atoms with Crippen LogP contribution in [0.5, 0.6) is 0 Å². The summed E-state index contributed by atoms with van der Waals surface area (Å²) in [5.41, 5.74) is 1.13. The molecule has 0 saturated carbocycles. The fourth-order valence-electron chi connectivity index (χ4n) is 2.31. The highest BCUT2D eigenvalue weighted by Crippen LogP contribution is 2.09. The molecule has 1 unspecified atom stereocenters. The van der Waals surface area contributed by atoms with Crippen LogP contribution >= 0.6 is 24.8 Å². The summed E-state index contributed by atoms with van der Waals surface area (Å²) in [6.45, 7) is 3.50. The lowest BCUT2D eigenvalue weighted by Gasteiger charge is -2.21. The molecule has 1 fully saturated rings. The predicted octanol–water partition coefficient (Wildman–Crippen LogP) is 2.45. The molecule has 0 bridgehead atoms. The van der Waals surface area contributed by atoms with Crippen molar-refractivity contribution in [1.82, 2.24) is 10.6 Å². The van der Waals surface area contributed by atoms with Gasteiger partial charge in [0.2, 0.25) is 5.91 Å². The van der Waals surface area contributed by atoms with E-state index >= 15 is 0 Å². The molecule has 1 amide bonds. The van der Waals surface area contributed by atoms with Crippen LogP contribution in [0.4, 0.5) is 5.69 Å². The fraction of sp³-hybridized carbons (Fsp3) is 0.533. The molecule has 1 atom stereocenters. The van der Waals surface area contributed by atoms with Crippen LogP contribution in [0.3, 0.4) is 0 Å². The summed E-state index contributed by atoms with van der Waals surface area (Å²) in [6, 6.07) is 10.1. The first kappa shape index (κ1) is 20.0. The Morgan fingerprint density at radius 1 is 1.19 bits per heavy atom. The second-order valence-electron chi connectivity index (χ2n) is 4.98. The minimum Gasteiger partial charge on any atom is -0.385 e. The van der Waals surface area contributed by atoms with Gasteiger partial charge in [0, 0.05) is 25.3 Å². The molecular weight excluding hydrogens is 309 g/mol. The van der Waals surface area contributed by atoms with Crippen molar-refractivity contribution in [2.24, 2.45) is 5.92 Å². The molecule has 1 aromatic carbocycles. The summed E-state index contributed by atoms with van der Waals surface area (Å²) in [4.78, 5) is 11.9. The predicted molar refractivity (Wildman–Crippen MR) is 92.6 cm³/mol. The van der Waals surface area contributed by atoms with Gasteiger partial charge in [-0.05, 0) is 37.9 Å². The first-order chi connectivity index (χ1) is 9.36. The highest BCUT2D eigenvalue weighted by molar-refractivity contribution is 5.85. The SMILES string of the molecule is Cl.Cl.O=C(NCCCNc1ccccc1)C1CCCNC1. The van der Waals surface area contributed by atoms with E-state index in [-0.39, 0.29) is 36.6 Å². The second kappa shape index (κ2) is 11.7. The smallest absolute Gasteiger partial charge is 0.224 e. The van der Waals surface area contributed by atoms with Gasteiger partial charge in [0.1, 0.15) is 0 Å². The van der Waals surface area contributed by atoms with Crippen molar-refractivity contribution in [3.63, 3.8) is 0 Å². The number of hydrogen-bond acceptors (Lipinski definition) is 3. The van der Waals surface area contributed by atoms with Gasteiger partial charge in [0.25, 0.3) is 0 Å². The molecule has 1 saturated heterocycles. The zero-order valence-corrected chi connectivity index (χ0v) is 13.8. The molecule has 1 aliphatic rings. The molecule has 1 heterocycles. The molecular formula is C15H25Cl2N3O. The molecule has 0 aliphatic carbocycles. The number of anilines is 1. The van der Waals surface area contributed by atoms with E-state index in [0.717, 1.165) is 51.1 Å². The van der Waals surface area contributed by atoms with Crippen LogP contribution in [0.25, 0.3) is 0 Å². The average Bonchev–Trinajstić information content (AvgIpc) is 2.49. The third kappa shape index (κ3) is 7.55. The Morgan fingerprint density at radius 3 is 2.62 bits per heavy atom. The molecule has 6 heteroatoms. The Morgan fingerprint density at radius 2 is 1.95 bits per heavy atom. The standard InChI is InChI=1S/C15H23N3O.2ClH/c19-15(13-6-4-9-16-12-13)18-11-5-10-17-14-7-2-1-3-8-14;;/h1-3,7-8,13,16-17H,4-6,9-12H2,(H,18,19);2*1H. The lowest BCUT2D eigenvalue weighted by atomic mass is 9.99. The van der Waals surface area contributed by atoms with Crippen molar-refractivity contribution in [2.45, 2.75) is 19.3 Å². The highest BCUT2D eigenvalue weighted by atomic mass is 35.5. The normalized spacial score (nSPS) is 17.0. The van der Waals surface area contributed by atoms with Crippen molar-refractivity contribution >= 4 is 36.4 Å². The number of nitrogens with one attached hydrogen (secondary N) is 3. The Balaban J connectivity index is 0.00000200. The molecule has 0 spiro atoms. The van der Waals surface area contributed by atoms with Crippen LogP contribution in [0, 0.1) is 5.92 Å². The summed E-state index contributed by atoms with van der Waals surface area (Å²) >= 11 is 0. The molecule has 1 aromatic rings. The van der Waals surface area contributed by atoms with Crippen LogP contribution < -0.4 is 16.0 Å². The van der Waals surface area contributed by atoms with Crippen LogP contribution in [0.2, 0.25) is 0 Å². The number of para-hydroxylation sites is 1. The van der Waals surface area contributed by atoms with Crippen molar-refractivity contribution in [2.75, 3.05) is 31.5 Å². The van der Waals surface area contributed by atoms with Crippen molar-refractivity contribution in [3.05, 3.63) is 30.3 Å². The average molecular weight is 334 g/mol. The summed E-state index contributed by atoms with van der Waals surface area (Å²) < 4.78 is 0. The molecule has 3 N–H and O–H groups in total. The second-order valence-corrected chi connectivity index (χ2v) is 4.98. The van der Waals surface area contributed by atoms with E-state index in [1.165, 1.54) is 0 Å². The molecule has 1 aliphatic heterocycles. The Hall–Kier alpha value is -0.970. The molecule has 0 radical (unpaired) electrons. The Kier molecular flexibility index (Phi) is 11.1. The van der Waals surface area contributed by atoms with Crippen LogP contribution in [-0.2, 0) is 4.79 Å². The first-order valence-corrected chi connectivity index (χ1v) is 7.13. The van der Waals surface area contributed by atoms with E-state index in [0.29, 0.717) is 0 Å². The maximum Gasteiger partial charge on any atom is 0.224 e. The summed E-state index contributed by atoms with van der Waals surface area (Å²) in [6.07, 6.45) is 3.07. The Labute approximate surface area is 139 Å². The van der Waals surface area contributed by atoms with E-state index in [9.17, 15) is 4.79 Å². The number of benzene rings is 1. The van der Waals surface area contributed by atoms with Crippen molar-refractivity contribution in [1.29, 1.82) is 0 Å². The van der Waals surface area contributed by atoms with Gasteiger partial charge in [-0.1, -0.05) is 18.2 Å². The minimum absolute atomic E-state index is 0. The quantitative estimate of drug-likeness (QED) is 0.701. The van der Waals surface area contributed by atoms with Gasteiger partial charge in [-0.2, -0.15) is 0 Å². The number of rotatable bonds is 6. The van der Waals surface area contributed by atoms with Crippen LogP contribution in [0.15, 0.2) is 30.3 Å². The van der Waals surface area contributed by atoms with Gasteiger partial charge in [-0.25, -0.2) is 0 Å². The van der Waals surface area contributed by atoms with Crippen LogP contribution in [0.1, 0.15) is 19.3 Å². The van der Waals surface area contributed by atoms with E-state index in [2.05, 4.69) is 16.0 Å². The number of halogens is 2. The largest absolute Gasteiger partial charge is 0.385 e. The van der Waals surface area contributed by atoms with E-state index in [1.807, 2.05) is 30.3 Å². The first-order valence-electron chi connectivity index (χ1n) is 7.13. The third-order valence-corrected chi connectivity index (χ3v) is 3.42. The van der Waals surface area contributed by atoms with E-state index < -0.39 is 0 Å². The molecule has 0 aromatic heterocycles. The van der Waals surface area contributed by atoms with Gasteiger partial charge in [-0.3, -0.25) is 4.79 Å². The Bertz CT molecular complexity index is 384. The zero-order chi connectivity index (χ0) is 13.3. The van der Waals surface area contributed by atoms with Gasteiger partial charge >= 0.3 is 0 Å². The lowest BCUT2D eigenvalue weighted by Crippen LogP contribution is -2.41. The summed E-state index contributed by atoms with van der Waals surface area (Å²) in [5, 5.41) is 9.62. The van der Waals surface area contributed by atoms with Crippen molar-refractivity contribution < 1.29 is 4.79 Å². The monoisotopic (exact) mass is 333 g/mol. The molecule has 4 nitrogen and oxygen atoms in total. The number of amides is 1. The summed E-state index contributed by atoms with van der Waals surface area (Å²) in [7, 11) is 0. The highest BCUT2D eigenvalue weighted by Gasteiger charge is 2.19. The molecule has 120 valence electrons. The van der Waals surface area contributed by atoms with Crippen LogP contribution in [-0.4, -0.2) is 32.1 Å². The van der Waals surface area contributed by atoms with Gasteiger partial charge in [0.15, 0.2) is 0 Å². The minimum atomic E-state index is 0. The number of carbonyl (C=O) groups excluding carboxylic acids is 1. The van der Waals surface area contributed by atoms with E-state index in [4.69, 9.17) is 0 Å². The van der Waals surface area contributed by atoms with Gasteiger partial charge < -0.3 is 16.0 Å². The van der Waals surface area contributed by atoms with E-state index in [1.54, 1.807) is 0 Å². The number of piperidine rings is 1. The van der Waals surface area contributed by atoms with Gasteiger partial charge in [0.05, 0.1) is 5.92 Å². The lowest BCUT2D eigenvalue weighted by molar-refractivity contribution is -0.125. The molecule has 21 heavy (non-hydrogen) atoms. The van der Waals surface area contributed by atoms with Gasteiger partial charge in [-0.15, -0.1) is 24.8 Å². The maximum atomic E-state index is 11.9. The topological polar surface area (TPSA) is 53.2 Å². The number of carbonyl (C=O) groups is 1.